The van der Waals surface area contributed by atoms with Gasteiger partial charge in [-0.2, -0.15) is 0 Å². The highest BCUT2D eigenvalue weighted by Crippen LogP contribution is 2.39. The van der Waals surface area contributed by atoms with E-state index in [0.717, 1.165) is 29.9 Å². The van der Waals surface area contributed by atoms with Crippen LogP contribution in [0.3, 0.4) is 0 Å². The van der Waals surface area contributed by atoms with Gasteiger partial charge in [0.1, 0.15) is 0 Å². The van der Waals surface area contributed by atoms with E-state index in [1.54, 1.807) is 19.1 Å². The first-order valence-electron chi connectivity index (χ1n) is 9.32. The van der Waals surface area contributed by atoms with Crippen LogP contribution in [0, 0.1) is 5.92 Å². The van der Waals surface area contributed by atoms with Crippen LogP contribution >= 0.6 is 0 Å². The van der Waals surface area contributed by atoms with Crippen molar-refractivity contribution in [3.8, 4) is 11.5 Å². The summed E-state index contributed by atoms with van der Waals surface area (Å²) in [5.41, 5.74) is 1.15. The van der Waals surface area contributed by atoms with Gasteiger partial charge in [0.15, 0.2) is 11.5 Å². The lowest BCUT2D eigenvalue weighted by Crippen LogP contribution is -2.29. The van der Waals surface area contributed by atoms with E-state index in [0.29, 0.717) is 19.7 Å². The second-order valence-electron chi connectivity index (χ2n) is 7.13. The summed E-state index contributed by atoms with van der Waals surface area (Å²) in [7, 11) is 4.78. The Morgan fingerprint density at radius 1 is 1.12 bits per heavy atom. The second kappa shape index (κ2) is 8.62. The van der Waals surface area contributed by atoms with Crippen molar-refractivity contribution in [1.82, 2.24) is 4.90 Å². The van der Waals surface area contributed by atoms with Crippen molar-refractivity contribution in [3.05, 3.63) is 23.8 Å². The summed E-state index contributed by atoms with van der Waals surface area (Å²) in [6.45, 7) is 1.86. The van der Waals surface area contributed by atoms with Gasteiger partial charge < -0.3 is 23.8 Å². The van der Waals surface area contributed by atoms with Gasteiger partial charge in [-0.1, -0.05) is 6.07 Å². The Hall–Kier alpha value is -1.95. The molecule has 1 aliphatic heterocycles. The molecule has 1 aliphatic carbocycles. The molecule has 2 fully saturated rings. The summed E-state index contributed by atoms with van der Waals surface area (Å²) in [4.78, 5) is 13.7. The van der Waals surface area contributed by atoms with Gasteiger partial charge in [-0.15, -0.1) is 0 Å². The molecule has 0 spiro atoms. The average molecular weight is 363 g/mol. The van der Waals surface area contributed by atoms with Crippen LogP contribution in [-0.2, 0) is 9.47 Å². The molecule has 1 amide bonds. The zero-order chi connectivity index (χ0) is 18.5. The molecule has 6 heteroatoms. The van der Waals surface area contributed by atoms with E-state index < -0.39 is 0 Å². The number of nitrogens with zero attached hydrogens (tertiary/aromatic N) is 1. The van der Waals surface area contributed by atoms with Crippen molar-refractivity contribution in [1.29, 1.82) is 0 Å². The highest BCUT2D eigenvalue weighted by atomic mass is 16.5. The molecule has 6 nitrogen and oxygen atoms in total. The van der Waals surface area contributed by atoms with E-state index in [2.05, 4.69) is 12.1 Å². The topological polar surface area (TPSA) is 57.2 Å². The molecule has 0 N–H and O–H groups in total. The molecule has 1 aromatic rings. The van der Waals surface area contributed by atoms with Crippen molar-refractivity contribution in [2.24, 2.45) is 5.92 Å². The van der Waals surface area contributed by atoms with Crippen LogP contribution in [0.15, 0.2) is 18.2 Å². The van der Waals surface area contributed by atoms with Crippen LogP contribution < -0.4 is 9.47 Å². The highest BCUT2D eigenvalue weighted by molar-refractivity contribution is 5.68. The van der Waals surface area contributed by atoms with Crippen molar-refractivity contribution in [2.45, 2.75) is 37.7 Å². The number of carbonyl (C=O) groups is 1. The standard InChI is InChI=1S/C20H29NO5/c1-23-13-15-11-21(20(22)25-3)12-17(15)14-8-9-18(24-2)19(10-14)26-16-6-4-5-7-16/h8-10,15-17H,4-7,11-13H2,1-3H3/t15-,17-/m0/s1. The third-order valence-electron chi connectivity index (χ3n) is 5.47. The molecule has 1 aromatic carbocycles. The Balaban J connectivity index is 1.82. The second-order valence-corrected chi connectivity index (χ2v) is 7.13. The number of likely N-dealkylation sites (tertiary alicyclic amines) is 1. The van der Waals surface area contributed by atoms with Crippen molar-refractivity contribution in [2.75, 3.05) is 41.0 Å². The Bertz CT molecular complexity index is 614. The Morgan fingerprint density at radius 2 is 1.88 bits per heavy atom. The SMILES string of the molecule is COC[C@@H]1CN(C(=O)OC)C[C@H]1c1ccc(OC)c(OC2CCCC2)c1. The average Bonchev–Trinajstić information content (AvgIpc) is 3.31. The summed E-state index contributed by atoms with van der Waals surface area (Å²) in [5, 5.41) is 0. The van der Waals surface area contributed by atoms with E-state index in [-0.39, 0.29) is 24.0 Å². The molecular formula is C20H29NO5. The van der Waals surface area contributed by atoms with Crippen LogP contribution in [0.2, 0.25) is 0 Å². The first kappa shape index (κ1) is 18.8. The minimum atomic E-state index is -0.287. The molecule has 3 rings (SSSR count). The van der Waals surface area contributed by atoms with E-state index in [4.69, 9.17) is 18.9 Å². The zero-order valence-corrected chi connectivity index (χ0v) is 15.9. The molecule has 0 bridgehead atoms. The summed E-state index contributed by atoms with van der Waals surface area (Å²) in [5.74, 6) is 1.97. The molecule has 1 heterocycles. The summed E-state index contributed by atoms with van der Waals surface area (Å²) < 4.78 is 22.0. The monoisotopic (exact) mass is 363 g/mol. The molecule has 2 aliphatic rings. The van der Waals surface area contributed by atoms with E-state index in [9.17, 15) is 4.79 Å². The Labute approximate surface area is 155 Å². The zero-order valence-electron chi connectivity index (χ0n) is 15.9. The summed E-state index contributed by atoms with van der Waals surface area (Å²) >= 11 is 0. The number of ether oxygens (including phenoxy) is 4. The molecule has 26 heavy (non-hydrogen) atoms. The number of rotatable bonds is 6. The molecule has 0 aromatic heterocycles. The maximum atomic E-state index is 12.0. The Kier molecular flexibility index (Phi) is 6.25. The fourth-order valence-corrected chi connectivity index (χ4v) is 4.11. The molecule has 144 valence electrons. The smallest absolute Gasteiger partial charge is 0.409 e. The van der Waals surface area contributed by atoms with Crippen molar-refractivity contribution in [3.63, 3.8) is 0 Å². The fraction of sp³-hybridized carbons (Fsp3) is 0.650. The molecule has 0 radical (unpaired) electrons. The van der Waals surface area contributed by atoms with Gasteiger partial charge in [0.05, 0.1) is 26.9 Å². The lowest BCUT2D eigenvalue weighted by Gasteiger charge is -2.21. The van der Waals surface area contributed by atoms with Crippen LogP contribution in [0.25, 0.3) is 0 Å². The third-order valence-corrected chi connectivity index (χ3v) is 5.47. The van der Waals surface area contributed by atoms with Crippen molar-refractivity contribution >= 4 is 6.09 Å². The lowest BCUT2D eigenvalue weighted by atomic mass is 9.89. The number of carbonyl (C=O) groups excluding carboxylic acids is 1. The van der Waals surface area contributed by atoms with Crippen LogP contribution in [0.4, 0.5) is 4.79 Å². The number of amides is 1. The quantitative estimate of drug-likeness (QED) is 0.775. The fourth-order valence-electron chi connectivity index (χ4n) is 4.11. The maximum absolute atomic E-state index is 12.0. The van der Waals surface area contributed by atoms with E-state index in [1.807, 2.05) is 6.07 Å². The van der Waals surface area contributed by atoms with E-state index in [1.165, 1.54) is 20.0 Å². The Morgan fingerprint density at radius 3 is 2.54 bits per heavy atom. The van der Waals surface area contributed by atoms with E-state index >= 15 is 0 Å². The van der Waals surface area contributed by atoms with Gasteiger partial charge in [-0.25, -0.2) is 4.79 Å². The predicted molar refractivity (Wildman–Crippen MR) is 98.0 cm³/mol. The van der Waals surface area contributed by atoms with Gasteiger partial charge in [-0.3, -0.25) is 0 Å². The molecule has 0 unspecified atom stereocenters. The third kappa shape index (κ3) is 4.06. The van der Waals surface area contributed by atoms with Gasteiger partial charge in [0, 0.05) is 32.0 Å². The first-order chi connectivity index (χ1) is 12.7. The van der Waals surface area contributed by atoms with Gasteiger partial charge >= 0.3 is 6.09 Å². The number of benzene rings is 1. The van der Waals surface area contributed by atoms with Crippen LogP contribution in [-0.4, -0.2) is 58.1 Å². The largest absolute Gasteiger partial charge is 0.493 e. The minimum Gasteiger partial charge on any atom is -0.493 e. The summed E-state index contributed by atoms with van der Waals surface area (Å²) in [6.07, 6.45) is 4.62. The minimum absolute atomic E-state index is 0.186. The van der Waals surface area contributed by atoms with Crippen LogP contribution in [0.5, 0.6) is 11.5 Å². The van der Waals surface area contributed by atoms with Gasteiger partial charge in [-0.05, 0) is 43.4 Å². The van der Waals surface area contributed by atoms with Gasteiger partial charge in [0.2, 0.25) is 0 Å². The van der Waals surface area contributed by atoms with Crippen LogP contribution in [0.1, 0.15) is 37.2 Å². The summed E-state index contributed by atoms with van der Waals surface area (Å²) in [6, 6.07) is 6.10. The first-order valence-corrected chi connectivity index (χ1v) is 9.32. The molecular weight excluding hydrogens is 334 g/mol. The number of methoxy groups -OCH3 is 3. The lowest BCUT2D eigenvalue weighted by molar-refractivity contribution is 0.123. The molecule has 1 saturated heterocycles. The van der Waals surface area contributed by atoms with Gasteiger partial charge in [0.25, 0.3) is 0 Å². The number of hydrogen-bond donors (Lipinski definition) is 0. The van der Waals surface area contributed by atoms with Crippen molar-refractivity contribution < 1.29 is 23.7 Å². The molecule has 2 atom stereocenters. The maximum Gasteiger partial charge on any atom is 0.409 e. The predicted octanol–water partition coefficient (Wildman–Crippen LogP) is 3.44. The highest BCUT2D eigenvalue weighted by Gasteiger charge is 2.37. The number of hydrogen-bond acceptors (Lipinski definition) is 5. The molecule has 1 saturated carbocycles. The normalized spacial score (nSPS) is 23.3.